The van der Waals surface area contributed by atoms with Crippen LogP contribution in [0.5, 0.6) is 0 Å². The Hall–Kier alpha value is -3.87. The van der Waals surface area contributed by atoms with Crippen molar-refractivity contribution in [1.29, 1.82) is 0 Å². The van der Waals surface area contributed by atoms with Crippen LogP contribution in [0.2, 0.25) is 0 Å². The third-order valence-electron chi connectivity index (χ3n) is 6.43. The highest BCUT2D eigenvalue weighted by Crippen LogP contribution is 2.36. The summed E-state index contributed by atoms with van der Waals surface area (Å²) in [5.41, 5.74) is 3.94. The Bertz CT molecular complexity index is 1250. The summed E-state index contributed by atoms with van der Waals surface area (Å²) in [6.45, 7) is 3.31. The molecule has 1 fully saturated rings. The number of benzene rings is 2. The van der Waals surface area contributed by atoms with Gasteiger partial charge in [-0.3, -0.25) is 9.59 Å². The average Bonchev–Trinajstić information content (AvgIpc) is 2.81. The Labute approximate surface area is 192 Å². The molecule has 2 bridgehead atoms. The zero-order chi connectivity index (χ0) is 22.9. The molecule has 2 N–H and O–H groups in total. The predicted molar refractivity (Wildman–Crippen MR) is 128 cm³/mol. The maximum atomic E-state index is 13.4. The number of hydrogen-bond acceptors (Lipinski definition) is 3. The number of carbonyl (C=O) groups excluding carboxylic acids is 2. The molecule has 2 aromatic carbocycles. The minimum atomic E-state index is -0.130. The minimum absolute atomic E-state index is 0.00309. The molecule has 3 aromatic rings. The molecule has 3 heterocycles. The Morgan fingerprint density at radius 2 is 1.58 bits per heavy atom. The lowest BCUT2D eigenvalue weighted by Crippen LogP contribution is -2.50. The molecule has 1 saturated heterocycles. The van der Waals surface area contributed by atoms with Crippen molar-refractivity contribution < 1.29 is 9.59 Å². The highest BCUT2D eigenvalue weighted by molar-refractivity contribution is 5.89. The van der Waals surface area contributed by atoms with E-state index in [9.17, 15) is 14.4 Å². The Balaban J connectivity index is 1.37. The van der Waals surface area contributed by atoms with Gasteiger partial charge in [-0.2, -0.15) is 0 Å². The molecule has 3 amide bonds. The summed E-state index contributed by atoms with van der Waals surface area (Å²) in [6, 6.07) is 20.6. The van der Waals surface area contributed by atoms with Gasteiger partial charge >= 0.3 is 6.03 Å². The van der Waals surface area contributed by atoms with Gasteiger partial charge in [0, 0.05) is 55.1 Å². The van der Waals surface area contributed by atoms with E-state index in [0.717, 1.165) is 23.4 Å². The van der Waals surface area contributed by atoms with Gasteiger partial charge in [0.1, 0.15) is 0 Å². The molecule has 0 radical (unpaired) electrons. The molecule has 5 rings (SSSR count). The first kappa shape index (κ1) is 21.0. The molecule has 0 saturated carbocycles. The van der Waals surface area contributed by atoms with Crippen LogP contribution >= 0.6 is 0 Å². The van der Waals surface area contributed by atoms with Crippen LogP contribution in [-0.4, -0.2) is 34.5 Å². The molecule has 1 aromatic heterocycles. The van der Waals surface area contributed by atoms with E-state index in [1.54, 1.807) is 12.1 Å². The maximum absolute atomic E-state index is 13.4. The van der Waals surface area contributed by atoms with E-state index >= 15 is 0 Å². The van der Waals surface area contributed by atoms with Crippen LogP contribution in [0.15, 0.2) is 71.5 Å². The zero-order valence-corrected chi connectivity index (χ0v) is 18.5. The van der Waals surface area contributed by atoms with E-state index in [-0.39, 0.29) is 29.3 Å². The van der Waals surface area contributed by atoms with E-state index in [1.807, 2.05) is 64.1 Å². The lowest BCUT2D eigenvalue weighted by molar-refractivity contribution is -0.114. The number of aromatic nitrogens is 1. The summed E-state index contributed by atoms with van der Waals surface area (Å²) in [4.78, 5) is 39.3. The van der Waals surface area contributed by atoms with Gasteiger partial charge in [-0.25, -0.2) is 4.79 Å². The van der Waals surface area contributed by atoms with Crippen molar-refractivity contribution in [2.75, 3.05) is 23.7 Å². The Morgan fingerprint density at radius 1 is 0.848 bits per heavy atom. The molecule has 0 spiro atoms. The minimum Gasteiger partial charge on any atom is -0.326 e. The number of rotatable bonds is 3. The number of carbonyl (C=O) groups is 2. The van der Waals surface area contributed by atoms with Gasteiger partial charge in [0.2, 0.25) is 5.91 Å². The second-order valence-electron chi connectivity index (χ2n) is 8.85. The molecule has 33 heavy (non-hydrogen) atoms. The molecule has 7 nitrogen and oxygen atoms in total. The molecular formula is C26H26N4O3. The molecule has 2 aliphatic heterocycles. The van der Waals surface area contributed by atoms with Crippen molar-refractivity contribution in [3.63, 3.8) is 0 Å². The Kier molecular flexibility index (Phi) is 5.46. The molecule has 0 unspecified atom stereocenters. The quantitative estimate of drug-likeness (QED) is 0.640. The number of pyridine rings is 1. The van der Waals surface area contributed by atoms with Crippen molar-refractivity contribution in [2.45, 2.75) is 25.8 Å². The lowest BCUT2D eigenvalue weighted by Gasteiger charge is -2.42. The van der Waals surface area contributed by atoms with Crippen LogP contribution in [0.4, 0.5) is 16.2 Å². The molecule has 168 valence electrons. The van der Waals surface area contributed by atoms with E-state index < -0.39 is 0 Å². The first-order chi connectivity index (χ1) is 16.0. The number of para-hydroxylation sites is 1. The second-order valence-corrected chi connectivity index (χ2v) is 8.85. The molecule has 2 atom stereocenters. The van der Waals surface area contributed by atoms with E-state index in [2.05, 4.69) is 10.6 Å². The van der Waals surface area contributed by atoms with Crippen LogP contribution in [0, 0.1) is 5.92 Å². The van der Waals surface area contributed by atoms with Gasteiger partial charge < -0.3 is 20.1 Å². The number of nitrogens with one attached hydrogen (secondary N) is 2. The van der Waals surface area contributed by atoms with Gasteiger partial charge in [0.25, 0.3) is 5.56 Å². The Morgan fingerprint density at radius 3 is 2.30 bits per heavy atom. The van der Waals surface area contributed by atoms with Crippen LogP contribution in [-0.2, 0) is 11.3 Å². The first-order valence-corrected chi connectivity index (χ1v) is 11.2. The third kappa shape index (κ3) is 4.26. The van der Waals surface area contributed by atoms with Crippen LogP contribution in [0.3, 0.4) is 0 Å². The number of fused-ring (bicyclic) bond motifs is 4. The largest absolute Gasteiger partial charge is 0.326 e. The smallest absolute Gasteiger partial charge is 0.321 e. The fourth-order valence-corrected chi connectivity index (χ4v) is 4.99. The highest BCUT2D eigenvalue weighted by atomic mass is 16.2. The maximum Gasteiger partial charge on any atom is 0.321 e. The van der Waals surface area contributed by atoms with Crippen LogP contribution in [0.1, 0.15) is 25.0 Å². The molecule has 7 heteroatoms. The molecule has 2 aliphatic rings. The number of nitrogens with zero attached hydrogens (tertiary/aromatic N) is 2. The van der Waals surface area contributed by atoms with Crippen molar-refractivity contribution in [2.24, 2.45) is 5.92 Å². The predicted octanol–water partition coefficient (Wildman–Crippen LogP) is 4.12. The van der Waals surface area contributed by atoms with Crippen LogP contribution in [0.25, 0.3) is 11.1 Å². The number of piperidine rings is 1. The van der Waals surface area contributed by atoms with Gasteiger partial charge in [-0.05, 0) is 54.3 Å². The monoisotopic (exact) mass is 442 g/mol. The van der Waals surface area contributed by atoms with E-state index in [4.69, 9.17) is 0 Å². The summed E-state index contributed by atoms with van der Waals surface area (Å²) < 4.78 is 1.89. The topological polar surface area (TPSA) is 83.4 Å². The molecular weight excluding hydrogens is 416 g/mol. The standard InChI is InChI=1S/C26H26N4O3/c1-17(31)27-22-9-7-19(8-10-22)23-11-12-24-20-13-18(15-30(24)25(23)32)14-29(16-20)26(33)28-21-5-3-2-4-6-21/h2-12,18,20H,13-16H2,1H3,(H,27,31)(H,28,33)/t18-,20+/m0/s1. The van der Waals surface area contributed by atoms with Crippen molar-refractivity contribution in [1.82, 2.24) is 9.47 Å². The summed E-state index contributed by atoms with van der Waals surface area (Å²) >= 11 is 0. The van der Waals surface area contributed by atoms with Gasteiger partial charge in [-0.1, -0.05) is 30.3 Å². The SMILES string of the molecule is CC(=O)Nc1ccc(-c2ccc3n(c2=O)C[C@H]2C[C@@H]3CN(C(=O)Nc3ccccc3)C2)cc1. The summed E-state index contributed by atoms with van der Waals surface area (Å²) in [6.07, 6.45) is 0.985. The van der Waals surface area contributed by atoms with Crippen molar-refractivity contribution >= 4 is 23.3 Å². The second kappa shape index (κ2) is 8.58. The van der Waals surface area contributed by atoms with Gasteiger partial charge in [-0.15, -0.1) is 0 Å². The van der Waals surface area contributed by atoms with Gasteiger partial charge in [0.15, 0.2) is 0 Å². The van der Waals surface area contributed by atoms with Crippen LogP contribution < -0.4 is 16.2 Å². The highest BCUT2D eigenvalue weighted by Gasteiger charge is 2.36. The lowest BCUT2D eigenvalue weighted by atomic mass is 9.83. The number of anilines is 2. The van der Waals surface area contributed by atoms with Gasteiger partial charge in [0.05, 0.1) is 0 Å². The third-order valence-corrected chi connectivity index (χ3v) is 6.43. The summed E-state index contributed by atoms with van der Waals surface area (Å²) in [5, 5.41) is 5.72. The normalized spacial score (nSPS) is 18.9. The van der Waals surface area contributed by atoms with E-state index in [0.29, 0.717) is 30.9 Å². The average molecular weight is 443 g/mol. The molecule has 0 aliphatic carbocycles. The van der Waals surface area contributed by atoms with Crippen molar-refractivity contribution in [3.05, 3.63) is 82.8 Å². The fourth-order valence-electron chi connectivity index (χ4n) is 4.99. The summed E-state index contributed by atoms with van der Waals surface area (Å²) in [5.74, 6) is 0.255. The summed E-state index contributed by atoms with van der Waals surface area (Å²) in [7, 11) is 0. The number of hydrogen-bond donors (Lipinski definition) is 2. The fraction of sp³-hybridized carbons (Fsp3) is 0.269. The first-order valence-electron chi connectivity index (χ1n) is 11.2. The number of urea groups is 1. The van der Waals surface area contributed by atoms with E-state index in [1.165, 1.54) is 6.92 Å². The number of amides is 3. The zero-order valence-electron chi connectivity index (χ0n) is 18.5. The van der Waals surface area contributed by atoms with Crippen molar-refractivity contribution in [3.8, 4) is 11.1 Å². The number of likely N-dealkylation sites (tertiary alicyclic amines) is 1.